The average Bonchev–Trinajstić information content (AvgIpc) is 3.42. The zero-order valence-electron chi connectivity index (χ0n) is 60.0. The number of hydrogen-bond acceptors (Lipinski definition) is 5. The molecule has 0 heterocycles. The lowest BCUT2D eigenvalue weighted by Gasteiger charge is -2.25. The summed E-state index contributed by atoms with van der Waals surface area (Å²) in [5.41, 5.74) is 0. The molecule has 3 unspecified atom stereocenters. The van der Waals surface area contributed by atoms with E-state index in [1.807, 2.05) is 27.2 Å². The monoisotopic (exact) mass is 1290 g/mol. The maximum Gasteiger partial charge on any atom is 0.472 e. The summed E-state index contributed by atoms with van der Waals surface area (Å²) in [6.07, 6.45) is 108. The van der Waals surface area contributed by atoms with Crippen molar-refractivity contribution in [2.24, 2.45) is 0 Å². The van der Waals surface area contributed by atoms with E-state index >= 15 is 0 Å². The van der Waals surface area contributed by atoms with E-state index in [1.165, 1.54) is 205 Å². The van der Waals surface area contributed by atoms with E-state index in [-0.39, 0.29) is 19.1 Å². The minimum atomic E-state index is -4.38. The van der Waals surface area contributed by atoms with Gasteiger partial charge in [0.25, 0.3) is 0 Å². The molecule has 91 heavy (non-hydrogen) atoms. The van der Waals surface area contributed by atoms with Crippen molar-refractivity contribution >= 4 is 13.7 Å². The Kier molecular flexibility index (Phi) is 68.3. The third-order valence-electron chi connectivity index (χ3n) is 16.6. The topological polar surface area (TPSA) is 105 Å². The van der Waals surface area contributed by atoms with Crippen molar-refractivity contribution in [2.75, 3.05) is 40.9 Å². The van der Waals surface area contributed by atoms with Gasteiger partial charge in [0.1, 0.15) is 13.2 Å². The predicted octanol–water partition coefficient (Wildman–Crippen LogP) is 24.9. The standard InChI is InChI=1S/C82H145N2O6P/c1-6-8-10-12-14-16-18-20-22-24-26-28-30-32-34-36-38-40-41-42-43-44-46-48-50-52-54-56-58-60-62-64-66-68-70-72-74-76-82(86)83-80(79-90-91(87,88)89-78-77-84(3,4)5)81(85)75-73-71-69-67-65-63-61-59-57-55-53-51-49-47-45-39-37-35-33-31-29-27-25-23-21-19-17-15-13-11-9-7-2/h8,10,14,16,20,22,26,28,32,34,38,40,42-43,46,48,52,54,65,67,73,75,80-81,85H,6-7,9,11-13,15,17-19,21,23-25,27,29-31,33,35-37,39,41,44-45,47,49-51,53,55-64,66,68-72,74,76-79H2,1-5H3,(H-,83,86,87,88)/p+1/b10-8-,16-14-,22-20-,28-26-,34-32-,40-38-,43-42-,48-46-,54-52-,67-65+,75-73+. The van der Waals surface area contributed by atoms with Crippen LogP contribution < -0.4 is 5.32 Å². The van der Waals surface area contributed by atoms with E-state index < -0.39 is 20.0 Å². The van der Waals surface area contributed by atoms with Gasteiger partial charge in [-0.1, -0.05) is 353 Å². The zero-order valence-corrected chi connectivity index (χ0v) is 60.9. The summed E-state index contributed by atoms with van der Waals surface area (Å²) in [7, 11) is 1.54. The zero-order chi connectivity index (χ0) is 66.2. The van der Waals surface area contributed by atoms with Crippen molar-refractivity contribution in [3.05, 3.63) is 134 Å². The Bertz CT molecular complexity index is 1950. The number of nitrogens with one attached hydrogen (secondary N) is 1. The number of aliphatic hydroxyl groups is 1. The molecule has 0 aliphatic heterocycles. The van der Waals surface area contributed by atoms with Gasteiger partial charge in [-0.25, -0.2) is 4.57 Å². The lowest BCUT2D eigenvalue weighted by molar-refractivity contribution is -0.870. The highest BCUT2D eigenvalue weighted by Crippen LogP contribution is 2.43. The first-order valence-electron chi connectivity index (χ1n) is 38.1. The quantitative estimate of drug-likeness (QED) is 0.0243. The third-order valence-corrected chi connectivity index (χ3v) is 17.6. The van der Waals surface area contributed by atoms with Crippen LogP contribution in [0.1, 0.15) is 328 Å². The maximum atomic E-state index is 13.1. The molecule has 9 heteroatoms. The van der Waals surface area contributed by atoms with Crippen LogP contribution in [0.15, 0.2) is 134 Å². The molecule has 0 rings (SSSR count). The Morgan fingerprint density at radius 3 is 1.01 bits per heavy atom. The summed E-state index contributed by atoms with van der Waals surface area (Å²) in [6, 6.07) is -0.879. The fourth-order valence-corrected chi connectivity index (χ4v) is 11.5. The molecule has 0 saturated carbocycles. The Labute approximate surface area is 564 Å². The molecule has 3 atom stereocenters. The number of rotatable bonds is 69. The molecule has 0 aromatic heterocycles. The van der Waals surface area contributed by atoms with Crippen LogP contribution in [0.25, 0.3) is 0 Å². The van der Waals surface area contributed by atoms with Crippen molar-refractivity contribution in [1.29, 1.82) is 0 Å². The maximum absolute atomic E-state index is 13.1. The van der Waals surface area contributed by atoms with Gasteiger partial charge in [-0.15, -0.1) is 0 Å². The molecular weight excluding hydrogens is 1140 g/mol. The minimum absolute atomic E-state index is 0.0490. The smallest absolute Gasteiger partial charge is 0.387 e. The Morgan fingerprint density at radius 2 is 0.670 bits per heavy atom. The van der Waals surface area contributed by atoms with Crippen LogP contribution in [0.5, 0.6) is 0 Å². The normalized spacial score (nSPS) is 14.3. The summed E-state index contributed by atoms with van der Waals surface area (Å²) in [5.74, 6) is -0.195. The van der Waals surface area contributed by atoms with E-state index in [4.69, 9.17) is 9.05 Å². The molecule has 524 valence electrons. The Morgan fingerprint density at radius 1 is 0.385 bits per heavy atom. The second kappa shape index (κ2) is 70.9. The second-order valence-electron chi connectivity index (χ2n) is 26.6. The van der Waals surface area contributed by atoms with Crippen LogP contribution in [0.3, 0.4) is 0 Å². The number of carbonyl (C=O) groups excluding carboxylic acids is 1. The molecule has 1 amide bonds. The van der Waals surface area contributed by atoms with E-state index in [0.717, 1.165) is 103 Å². The summed E-state index contributed by atoms with van der Waals surface area (Å²) < 4.78 is 23.8. The van der Waals surface area contributed by atoms with Crippen LogP contribution in [-0.2, 0) is 18.4 Å². The van der Waals surface area contributed by atoms with Crippen LogP contribution in [0.4, 0.5) is 0 Å². The van der Waals surface area contributed by atoms with Crippen LogP contribution >= 0.6 is 7.82 Å². The predicted molar refractivity (Wildman–Crippen MR) is 401 cm³/mol. The lowest BCUT2D eigenvalue weighted by atomic mass is 10.0. The van der Waals surface area contributed by atoms with Gasteiger partial charge in [0.2, 0.25) is 5.91 Å². The number of phosphoric acid groups is 1. The third kappa shape index (κ3) is 73.9. The number of likely N-dealkylation sites (N-methyl/N-ethyl adjacent to an activating group) is 1. The van der Waals surface area contributed by atoms with Gasteiger partial charge >= 0.3 is 7.82 Å². The minimum Gasteiger partial charge on any atom is -0.387 e. The number of carbonyl (C=O) groups is 1. The van der Waals surface area contributed by atoms with E-state index in [0.29, 0.717) is 17.4 Å². The number of allylic oxidation sites excluding steroid dienone is 21. The van der Waals surface area contributed by atoms with Gasteiger partial charge in [0.05, 0.1) is 39.9 Å². The molecule has 8 nitrogen and oxygen atoms in total. The van der Waals surface area contributed by atoms with Crippen molar-refractivity contribution < 1.29 is 32.9 Å². The molecule has 0 radical (unpaired) electrons. The van der Waals surface area contributed by atoms with Crippen LogP contribution in [0.2, 0.25) is 0 Å². The highest BCUT2D eigenvalue weighted by molar-refractivity contribution is 7.47. The van der Waals surface area contributed by atoms with E-state index in [9.17, 15) is 19.4 Å². The SMILES string of the molecule is CC/C=C\C/C=C\C/C=C\C/C=C\C/C=C\C/C=C\C/C=C\C/C=C\C/C=C\CCCCCCCCCCCC(=O)NC(COP(=O)(O)OCC[N+](C)(C)C)C(O)/C=C/CC/C=C/CCCCCCCCCCCCCCCCCCCCCCCCCCCC. The molecule has 0 aliphatic carbocycles. The van der Waals surface area contributed by atoms with Crippen molar-refractivity contribution in [3.63, 3.8) is 0 Å². The van der Waals surface area contributed by atoms with Crippen molar-refractivity contribution in [2.45, 2.75) is 341 Å². The summed E-state index contributed by atoms with van der Waals surface area (Å²) in [6.45, 7) is 4.70. The average molecular weight is 1290 g/mol. The highest BCUT2D eigenvalue weighted by Gasteiger charge is 2.28. The number of aliphatic hydroxyl groups excluding tert-OH is 1. The largest absolute Gasteiger partial charge is 0.472 e. The number of unbranched alkanes of at least 4 members (excludes halogenated alkanes) is 36. The Hall–Kier alpha value is -3.36. The van der Waals surface area contributed by atoms with Gasteiger partial charge in [-0.2, -0.15) is 0 Å². The molecule has 0 saturated heterocycles. The summed E-state index contributed by atoms with van der Waals surface area (Å²) in [4.78, 5) is 23.5. The fraction of sp³-hybridized carbons (Fsp3) is 0.720. The first kappa shape index (κ1) is 87.6. The molecule has 0 aliphatic rings. The van der Waals surface area contributed by atoms with Gasteiger partial charge in [0.15, 0.2) is 0 Å². The fourth-order valence-electron chi connectivity index (χ4n) is 10.8. The molecule has 0 aromatic rings. The number of phosphoric ester groups is 1. The number of nitrogens with zero attached hydrogens (tertiary/aromatic N) is 1. The van der Waals surface area contributed by atoms with Crippen molar-refractivity contribution in [1.82, 2.24) is 5.32 Å². The van der Waals surface area contributed by atoms with Crippen LogP contribution in [0, 0.1) is 0 Å². The summed E-state index contributed by atoms with van der Waals surface area (Å²) in [5, 5.41) is 14.0. The highest BCUT2D eigenvalue weighted by atomic mass is 31.2. The molecular formula is C82H146N2O6P+. The first-order chi connectivity index (χ1) is 44.5. The van der Waals surface area contributed by atoms with E-state index in [1.54, 1.807) is 6.08 Å². The van der Waals surface area contributed by atoms with Gasteiger partial charge < -0.3 is 19.8 Å². The van der Waals surface area contributed by atoms with E-state index in [2.05, 4.69) is 141 Å². The number of hydrogen-bond donors (Lipinski definition) is 3. The second-order valence-corrected chi connectivity index (χ2v) is 28.1. The lowest BCUT2D eigenvalue weighted by Crippen LogP contribution is -2.45. The van der Waals surface area contributed by atoms with Crippen molar-refractivity contribution in [3.8, 4) is 0 Å². The molecule has 0 aromatic carbocycles. The van der Waals surface area contributed by atoms with Gasteiger partial charge in [0, 0.05) is 6.42 Å². The molecule has 0 bridgehead atoms. The molecule has 0 spiro atoms. The summed E-state index contributed by atoms with van der Waals surface area (Å²) >= 11 is 0. The first-order valence-corrected chi connectivity index (χ1v) is 39.6. The number of quaternary nitrogens is 1. The van der Waals surface area contributed by atoms with Gasteiger partial charge in [-0.3, -0.25) is 13.8 Å². The number of amides is 1. The van der Waals surface area contributed by atoms with Gasteiger partial charge in [-0.05, 0) is 103 Å². The molecule has 0 fully saturated rings. The molecule has 3 N–H and O–H groups in total. The Balaban J connectivity index is 4.13. The van der Waals surface area contributed by atoms with Crippen LogP contribution in [-0.4, -0.2) is 73.4 Å².